The molecule has 6 heteroatoms. The van der Waals surface area contributed by atoms with Gasteiger partial charge in [-0.25, -0.2) is 0 Å². The molecule has 0 unspecified atom stereocenters. The molecule has 0 saturated carbocycles. The number of carbonyl (C=O) groups excluding carboxylic acids is 1. The Morgan fingerprint density at radius 1 is 1.22 bits per heavy atom. The van der Waals surface area contributed by atoms with Crippen LogP contribution < -0.4 is 9.47 Å². The highest BCUT2D eigenvalue weighted by Crippen LogP contribution is 2.31. The van der Waals surface area contributed by atoms with Crippen molar-refractivity contribution in [3.63, 3.8) is 0 Å². The van der Waals surface area contributed by atoms with Gasteiger partial charge >= 0.3 is 0 Å². The van der Waals surface area contributed by atoms with Crippen molar-refractivity contribution in [1.29, 1.82) is 0 Å². The van der Waals surface area contributed by atoms with E-state index in [1.165, 1.54) is 0 Å². The zero-order chi connectivity index (χ0) is 19.4. The van der Waals surface area contributed by atoms with Crippen LogP contribution in [0.15, 0.2) is 18.2 Å². The van der Waals surface area contributed by atoms with Crippen LogP contribution in [0.4, 0.5) is 0 Å². The van der Waals surface area contributed by atoms with Gasteiger partial charge in [-0.05, 0) is 51.3 Å². The SMILES string of the molecule is COc1ccc(C(=O)N(C)[C@H]2CCOC2)cc1OC1CCN(C(C)C)CC1. The molecule has 0 radical (unpaired) electrons. The van der Waals surface area contributed by atoms with E-state index >= 15 is 0 Å². The zero-order valence-electron chi connectivity index (χ0n) is 16.9. The van der Waals surface area contributed by atoms with Gasteiger partial charge in [0.15, 0.2) is 11.5 Å². The molecule has 27 heavy (non-hydrogen) atoms. The average molecular weight is 376 g/mol. The molecule has 2 aliphatic heterocycles. The van der Waals surface area contributed by atoms with Crippen molar-refractivity contribution in [3.05, 3.63) is 23.8 Å². The summed E-state index contributed by atoms with van der Waals surface area (Å²) in [6.45, 7) is 7.85. The average Bonchev–Trinajstić information content (AvgIpc) is 3.22. The zero-order valence-corrected chi connectivity index (χ0v) is 16.9. The molecule has 150 valence electrons. The summed E-state index contributed by atoms with van der Waals surface area (Å²) in [5.74, 6) is 1.32. The standard InChI is InChI=1S/C21H32N2O4/c1-15(2)23-10-7-18(8-11-23)27-20-13-16(5-6-19(20)25-4)21(24)22(3)17-9-12-26-14-17/h5-6,13,15,17-18H,7-12,14H2,1-4H3/t17-/m0/s1. The maximum absolute atomic E-state index is 12.9. The van der Waals surface area contributed by atoms with Gasteiger partial charge < -0.3 is 24.0 Å². The Balaban J connectivity index is 1.69. The minimum absolute atomic E-state index is 0.00682. The first kappa shape index (κ1) is 20.0. The summed E-state index contributed by atoms with van der Waals surface area (Å²) in [7, 11) is 3.47. The van der Waals surface area contributed by atoms with Crippen molar-refractivity contribution in [2.75, 3.05) is 40.5 Å². The summed E-state index contributed by atoms with van der Waals surface area (Å²) in [6, 6.07) is 6.16. The molecule has 1 aromatic carbocycles. The number of carbonyl (C=O) groups is 1. The lowest BCUT2D eigenvalue weighted by Gasteiger charge is -2.34. The summed E-state index contributed by atoms with van der Waals surface area (Å²) in [5, 5.41) is 0. The van der Waals surface area contributed by atoms with Gasteiger partial charge in [0, 0.05) is 38.3 Å². The van der Waals surface area contributed by atoms with E-state index in [-0.39, 0.29) is 18.1 Å². The molecule has 0 aliphatic carbocycles. The van der Waals surface area contributed by atoms with E-state index in [0.717, 1.165) is 32.4 Å². The number of piperidine rings is 1. The maximum atomic E-state index is 12.9. The Morgan fingerprint density at radius 3 is 2.56 bits per heavy atom. The third kappa shape index (κ3) is 4.74. The van der Waals surface area contributed by atoms with Crippen LogP contribution in [0.3, 0.4) is 0 Å². The van der Waals surface area contributed by atoms with Crippen molar-refractivity contribution < 1.29 is 19.0 Å². The quantitative estimate of drug-likeness (QED) is 0.764. The summed E-state index contributed by atoms with van der Waals surface area (Å²) in [4.78, 5) is 17.1. The van der Waals surface area contributed by atoms with Crippen molar-refractivity contribution in [3.8, 4) is 11.5 Å². The van der Waals surface area contributed by atoms with E-state index in [2.05, 4.69) is 18.7 Å². The number of nitrogens with zero attached hydrogens (tertiary/aromatic N) is 2. The van der Waals surface area contributed by atoms with Crippen molar-refractivity contribution in [2.24, 2.45) is 0 Å². The first-order valence-corrected chi connectivity index (χ1v) is 9.93. The third-order valence-electron chi connectivity index (χ3n) is 5.68. The lowest BCUT2D eigenvalue weighted by molar-refractivity contribution is 0.0706. The van der Waals surface area contributed by atoms with Crippen LogP contribution in [0.25, 0.3) is 0 Å². The van der Waals surface area contributed by atoms with Crippen molar-refractivity contribution in [2.45, 2.75) is 51.3 Å². The highest BCUT2D eigenvalue weighted by Gasteiger charge is 2.27. The summed E-state index contributed by atoms with van der Waals surface area (Å²) in [5.41, 5.74) is 0.625. The number of benzene rings is 1. The van der Waals surface area contributed by atoms with Crippen LogP contribution in [-0.4, -0.2) is 74.4 Å². The number of amides is 1. The second-order valence-electron chi connectivity index (χ2n) is 7.75. The van der Waals surface area contributed by atoms with Crippen molar-refractivity contribution in [1.82, 2.24) is 9.80 Å². The van der Waals surface area contributed by atoms with Crippen LogP contribution in [0, 0.1) is 0 Å². The Kier molecular flexibility index (Phi) is 6.60. The number of hydrogen-bond donors (Lipinski definition) is 0. The number of methoxy groups -OCH3 is 1. The Bertz CT molecular complexity index is 635. The fraction of sp³-hybridized carbons (Fsp3) is 0.667. The summed E-state index contributed by atoms with van der Waals surface area (Å²) >= 11 is 0. The molecule has 2 saturated heterocycles. The molecule has 2 heterocycles. The largest absolute Gasteiger partial charge is 0.493 e. The third-order valence-corrected chi connectivity index (χ3v) is 5.68. The molecular weight excluding hydrogens is 344 g/mol. The first-order valence-electron chi connectivity index (χ1n) is 9.93. The molecule has 0 N–H and O–H groups in total. The summed E-state index contributed by atoms with van der Waals surface area (Å²) in [6.07, 6.45) is 3.01. The molecule has 6 nitrogen and oxygen atoms in total. The summed E-state index contributed by atoms with van der Waals surface area (Å²) < 4.78 is 17.1. The van der Waals surface area contributed by atoms with Gasteiger partial charge in [0.25, 0.3) is 5.91 Å². The van der Waals surface area contributed by atoms with Gasteiger partial charge in [-0.2, -0.15) is 0 Å². The van der Waals surface area contributed by atoms with Crippen LogP contribution in [-0.2, 0) is 4.74 Å². The fourth-order valence-electron chi connectivity index (χ4n) is 3.79. The molecule has 1 aromatic rings. The van der Waals surface area contributed by atoms with E-state index in [4.69, 9.17) is 14.2 Å². The maximum Gasteiger partial charge on any atom is 0.254 e. The van der Waals surface area contributed by atoms with Gasteiger partial charge in [0.2, 0.25) is 0 Å². The number of ether oxygens (including phenoxy) is 3. The Morgan fingerprint density at radius 2 is 1.96 bits per heavy atom. The van der Waals surface area contributed by atoms with E-state index in [9.17, 15) is 4.79 Å². The Labute approximate surface area is 162 Å². The number of likely N-dealkylation sites (N-methyl/N-ethyl adjacent to an activating group) is 1. The molecule has 3 rings (SSSR count). The van der Waals surface area contributed by atoms with Crippen LogP contribution in [0.2, 0.25) is 0 Å². The molecule has 0 aromatic heterocycles. The minimum atomic E-state index is -0.00682. The fourth-order valence-corrected chi connectivity index (χ4v) is 3.79. The second kappa shape index (κ2) is 8.93. The van der Waals surface area contributed by atoms with Gasteiger partial charge in [0.1, 0.15) is 6.10 Å². The molecule has 1 atom stereocenters. The molecule has 2 fully saturated rings. The highest BCUT2D eigenvalue weighted by molar-refractivity contribution is 5.95. The highest BCUT2D eigenvalue weighted by atomic mass is 16.5. The van der Waals surface area contributed by atoms with E-state index in [0.29, 0.717) is 36.3 Å². The number of hydrogen-bond acceptors (Lipinski definition) is 5. The first-order chi connectivity index (χ1) is 13.0. The molecule has 2 aliphatic rings. The lowest BCUT2D eigenvalue weighted by Crippen LogP contribution is -2.41. The van der Waals surface area contributed by atoms with E-state index in [1.807, 2.05) is 25.2 Å². The predicted molar refractivity (Wildman–Crippen MR) is 105 cm³/mol. The number of likely N-dealkylation sites (tertiary alicyclic amines) is 1. The molecular formula is C21H32N2O4. The lowest BCUT2D eigenvalue weighted by atomic mass is 10.1. The Hall–Kier alpha value is -1.79. The predicted octanol–water partition coefficient (Wildman–Crippen LogP) is 2.81. The van der Waals surface area contributed by atoms with E-state index in [1.54, 1.807) is 12.0 Å². The molecule has 0 spiro atoms. The van der Waals surface area contributed by atoms with Crippen LogP contribution in [0.5, 0.6) is 11.5 Å². The second-order valence-corrected chi connectivity index (χ2v) is 7.75. The molecule has 1 amide bonds. The van der Waals surface area contributed by atoms with Crippen LogP contribution in [0.1, 0.15) is 43.5 Å². The smallest absolute Gasteiger partial charge is 0.254 e. The molecule has 0 bridgehead atoms. The van der Waals surface area contributed by atoms with Crippen LogP contribution >= 0.6 is 0 Å². The van der Waals surface area contributed by atoms with E-state index < -0.39 is 0 Å². The minimum Gasteiger partial charge on any atom is -0.493 e. The van der Waals surface area contributed by atoms with Gasteiger partial charge in [-0.3, -0.25) is 4.79 Å². The van der Waals surface area contributed by atoms with Gasteiger partial charge in [0.05, 0.1) is 19.8 Å². The number of rotatable bonds is 6. The van der Waals surface area contributed by atoms with Gasteiger partial charge in [-0.15, -0.1) is 0 Å². The normalized spacial score (nSPS) is 21.4. The van der Waals surface area contributed by atoms with Crippen molar-refractivity contribution >= 4 is 5.91 Å². The van der Waals surface area contributed by atoms with Gasteiger partial charge in [-0.1, -0.05) is 0 Å². The topological polar surface area (TPSA) is 51.2 Å². The monoisotopic (exact) mass is 376 g/mol.